The van der Waals surface area contributed by atoms with Crippen LogP contribution in [0.5, 0.6) is 5.75 Å². The van der Waals surface area contributed by atoms with E-state index in [1.807, 2.05) is 36.1 Å². The molecule has 2 aromatic rings. The van der Waals surface area contributed by atoms with Gasteiger partial charge in [0.15, 0.2) is 0 Å². The van der Waals surface area contributed by atoms with E-state index in [0.29, 0.717) is 24.5 Å². The summed E-state index contributed by atoms with van der Waals surface area (Å²) in [5.41, 5.74) is 1.37. The van der Waals surface area contributed by atoms with Gasteiger partial charge in [0.25, 0.3) is 0 Å². The van der Waals surface area contributed by atoms with Crippen LogP contribution in [-0.4, -0.2) is 35.9 Å². The molecule has 1 aliphatic heterocycles. The number of pyridine rings is 1. The summed E-state index contributed by atoms with van der Waals surface area (Å²) in [7, 11) is 0. The third-order valence-corrected chi connectivity index (χ3v) is 3.89. The Bertz CT molecular complexity index is 724. The van der Waals surface area contributed by atoms with E-state index in [1.165, 1.54) is 0 Å². The minimum absolute atomic E-state index is 0.349. The molecule has 1 aliphatic rings. The van der Waals surface area contributed by atoms with Crippen LogP contribution < -0.4 is 9.64 Å². The summed E-state index contributed by atoms with van der Waals surface area (Å²) < 4.78 is 5.49. The number of rotatable bonds is 3. The highest BCUT2D eigenvalue weighted by Gasteiger charge is 2.21. The Morgan fingerprint density at radius 1 is 1.45 bits per heavy atom. The first kappa shape index (κ1) is 14.6. The topological polar surface area (TPSA) is 69.4 Å². The maximum atomic E-state index is 9.84. The van der Waals surface area contributed by atoms with Gasteiger partial charge < -0.3 is 14.7 Å². The summed E-state index contributed by atoms with van der Waals surface area (Å²) in [6.45, 7) is 3.90. The fourth-order valence-electron chi connectivity index (χ4n) is 2.87. The number of nitriles is 1. The van der Waals surface area contributed by atoms with Crippen molar-refractivity contribution in [2.75, 3.05) is 24.6 Å². The van der Waals surface area contributed by atoms with Gasteiger partial charge in [-0.05, 0) is 44.0 Å². The van der Waals surface area contributed by atoms with Crippen molar-refractivity contribution in [1.82, 2.24) is 4.98 Å². The zero-order valence-electron chi connectivity index (χ0n) is 12.6. The van der Waals surface area contributed by atoms with Gasteiger partial charge in [-0.25, -0.2) is 4.98 Å². The molecule has 1 N–H and O–H groups in total. The first-order valence-electron chi connectivity index (χ1n) is 7.62. The lowest BCUT2D eigenvalue weighted by Crippen LogP contribution is -2.39. The van der Waals surface area contributed by atoms with Crippen molar-refractivity contribution in [3.8, 4) is 11.8 Å². The molecule has 5 nitrogen and oxygen atoms in total. The van der Waals surface area contributed by atoms with Gasteiger partial charge in [-0.3, -0.25) is 0 Å². The van der Waals surface area contributed by atoms with Crippen molar-refractivity contribution >= 4 is 16.7 Å². The fourth-order valence-corrected chi connectivity index (χ4v) is 2.87. The molecule has 114 valence electrons. The fraction of sp³-hybridized carbons (Fsp3) is 0.412. The van der Waals surface area contributed by atoms with Crippen molar-refractivity contribution in [1.29, 1.82) is 5.26 Å². The van der Waals surface area contributed by atoms with Gasteiger partial charge in [0.1, 0.15) is 17.6 Å². The van der Waals surface area contributed by atoms with Crippen molar-refractivity contribution in [3.63, 3.8) is 0 Å². The summed E-state index contributed by atoms with van der Waals surface area (Å²) in [5, 5.41) is 20.2. The van der Waals surface area contributed by atoms with E-state index in [1.54, 1.807) is 0 Å². The van der Waals surface area contributed by atoms with Crippen LogP contribution in [-0.2, 0) is 0 Å². The molecule has 3 rings (SSSR count). The third kappa shape index (κ3) is 2.83. The second-order valence-electron chi connectivity index (χ2n) is 5.50. The molecular weight excluding hydrogens is 278 g/mol. The molecule has 0 saturated carbocycles. The number of fused-ring (bicyclic) bond motifs is 1. The molecule has 0 spiro atoms. The number of benzene rings is 1. The average molecular weight is 297 g/mol. The number of β-amino-alcohol motifs (C(OH)–C–C–N with tert-alkyl or cyclic N) is 1. The molecule has 22 heavy (non-hydrogen) atoms. The van der Waals surface area contributed by atoms with Crippen LogP contribution in [0.4, 0.5) is 5.82 Å². The number of hydrogen-bond donors (Lipinski definition) is 1. The predicted molar refractivity (Wildman–Crippen MR) is 85.1 cm³/mol. The second-order valence-corrected chi connectivity index (χ2v) is 5.50. The predicted octanol–water partition coefficient (Wildman–Crippen LogP) is 2.47. The van der Waals surface area contributed by atoms with E-state index in [9.17, 15) is 10.4 Å². The van der Waals surface area contributed by atoms with Gasteiger partial charge in [0.05, 0.1) is 23.8 Å². The highest BCUT2D eigenvalue weighted by atomic mass is 16.5. The molecule has 1 fully saturated rings. The van der Waals surface area contributed by atoms with Gasteiger partial charge in [0.2, 0.25) is 0 Å². The van der Waals surface area contributed by atoms with Crippen LogP contribution in [0, 0.1) is 11.3 Å². The molecule has 1 aromatic heterocycles. The highest BCUT2D eigenvalue weighted by Crippen LogP contribution is 2.28. The number of aliphatic hydroxyl groups excluding tert-OH is 1. The number of aliphatic hydroxyl groups is 1. The van der Waals surface area contributed by atoms with E-state index in [-0.39, 0.29) is 6.10 Å². The zero-order valence-corrected chi connectivity index (χ0v) is 12.6. The van der Waals surface area contributed by atoms with Crippen LogP contribution >= 0.6 is 0 Å². The number of aromatic nitrogens is 1. The summed E-state index contributed by atoms with van der Waals surface area (Å²) in [6, 6.07) is 9.77. The Balaban J connectivity index is 2.03. The van der Waals surface area contributed by atoms with Gasteiger partial charge in [-0.15, -0.1) is 0 Å². The van der Waals surface area contributed by atoms with E-state index in [4.69, 9.17) is 4.74 Å². The average Bonchev–Trinajstić information content (AvgIpc) is 2.54. The lowest BCUT2D eigenvalue weighted by molar-refractivity contribution is 0.154. The lowest BCUT2D eigenvalue weighted by atomic mass is 10.1. The largest absolute Gasteiger partial charge is 0.494 e. The smallest absolute Gasteiger partial charge is 0.147 e. The minimum Gasteiger partial charge on any atom is -0.494 e. The maximum absolute atomic E-state index is 9.84. The first-order chi connectivity index (χ1) is 10.7. The molecule has 2 heterocycles. The van der Waals surface area contributed by atoms with Crippen molar-refractivity contribution < 1.29 is 9.84 Å². The monoisotopic (exact) mass is 297 g/mol. The highest BCUT2D eigenvalue weighted by molar-refractivity contribution is 5.84. The first-order valence-corrected chi connectivity index (χ1v) is 7.62. The molecule has 0 unspecified atom stereocenters. The molecule has 0 aliphatic carbocycles. The quantitative estimate of drug-likeness (QED) is 0.942. The third-order valence-electron chi connectivity index (χ3n) is 3.89. The molecule has 0 amide bonds. The van der Waals surface area contributed by atoms with E-state index < -0.39 is 0 Å². The van der Waals surface area contributed by atoms with Crippen LogP contribution in [0.2, 0.25) is 0 Å². The SMILES string of the molecule is CCOc1ccc2nc(N3CCC[C@H](O)C3)c(C#N)cc2c1. The number of piperidine rings is 1. The molecule has 1 saturated heterocycles. The Hall–Kier alpha value is -2.32. The van der Waals surface area contributed by atoms with E-state index in [2.05, 4.69) is 11.1 Å². The Morgan fingerprint density at radius 3 is 3.05 bits per heavy atom. The Labute approximate surface area is 129 Å². The number of nitrogens with zero attached hydrogens (tertiary/aromatic N) is 3. The van der Waals surface area contributed by atoms with E-state index in [0.717, 1.165) is 36.0 Å². The van der Waals surface area contributed by atoms with Crippen LogP contribution in [0.1, 0.15) is 25.3 Å². The van der Waals surface area contributed by atoms with Crippen LogP contribution in [0.3, 0.4) is 0 Å². The molecular formula is C17H19N3O2. The van der Waals surface area contributed by atoms with Crippen LogP contribution in [0.25, 0.3) is 10.9 Å². The molecule has 1 atom stereocenters. The van der Waals surface area contributed by atoms with Crippen LogP contribution in [0.15, 0.2) is 24.3 Å². The number of ether oxygens (including phenoxy) is 1. The van der Waals surface area contributed by atoms with Crippen molar-refractivity contribution in [2.24, 2.45) is 0 Å². The van der Waals surface area contributed by atoms with Gasteiger partial charge in [-0.1, -0.05) is 0 Å². The summed E-state index contributed by atoms with van der Waals surface area (Å²) in [4.78, 5) is 6.64. The number of anilines is 1. The summed E-state index contributed by atoms with van der Waals surface area (Å²) in [6.07, 6.45) is 1.37. The summed E-state index contributed by atoms with van der Waals surface area (Å²) >= 11 is 0. The van der Waals surface area contributed by atoms with Gasteiger partial charge in [-0.2, -0.15) is 5.26 Å². The molecule has 5 heteroatoms. The van der Waals surface area contributed by atoms with E-state index >= 15 is 0 Å². The maximum Gasteiger partial charge on any atom is 0.147 e. The number of hydrogen-bond acceptors (Lipinski definition) is 5. The van der Waals surface area contributed by atoms with Crippen molar-refractivity contribution in [2.45, 2.75) is 25.9 Å². The standard InChI is InChI=1S/C17H19N3O2/c1-2-22-15-5-6-16-12(9-15)8-13(10-18)17(19-16)20-7-3-4-14(21)11-20/h5-6,8-9,14,21H,2-4,7,11H2,1H3/t14-/m0/s1. The summed E-state index contributed by atoms with van der Waals surface area (Å²) in [5.74, 6) is 1.44. The normalized spacial score (nSPS) is 18.2. The van der Waals surface area contributed by atoms with Crippen molar-refractivity contribution in [3.05, 3.63) is 29.8 Å². The minimum atomic E-state index is -0.349. The molecule has 0 bridgehead atoms. The van der Waals surface area contributed by atoms with Gasteiger partial charge >= 0.3 is 0 Å². The molecule has 1 aromatic carbocycles. The molecule has 0 radical (unpaired) electrons. The Morgan fingerprint density at radius 2 is 2.32 bits per heavy atom. The zero-order chi connectivity index (χ0) is 15.5. The van der Waals surface area contributed by atoms with Gasteiger partial charge in [0, 0.05) is 18.5 Å². The Kier molecular flexibility index (Phi) is 4.12. The second kappa shape index (κ2) is 6.20. The lowest BCUT2D eigenvalue weighted by Gasteiger charge is -2.31.